The van der Waals surface area contributed by atoms with Crippen molar-refractivity contribution in [3.05, 3.63) is 0 Å². The molecule has 0 radical (unpaired) electrons. The fourth-order valence-corrected chi connectivity index (χ4v) is 0.363. The molecule has 3 N–H and O–H groups in total. The average molecular weight is 131 g/mol. The van der Waals surface area contributed by atoms with E-state index in [9.17, 15) is 9.59 Å². The van der Waals surface area contributed by atoms with Crippen LogP contribution < -0.4 is 5.73 Å². The SMILES string of the molecule is CC(CC(=O)O)C(N)=O. The van der Waals surface area contributed by atoms with Crippen molar-refractivity contribution in [2.45, 2.75) is 13.3 Å². The molecule has 0 saturated carbocycles. The Kier molecular flexibility index (Phi) is 2.70. The maximum absolute atomic E-state index is 10.2. The van der Waals surface area contributed by atoms with E-state index in [0.29, 0.717) is 0 Å². The van der Waals surface area contributed by atoms with E-state index in [1.54, 1.807) is 0 Å². The Balaban J connectivity index is 3.63. The number of hydrogen-bond donors (Lipinski definition) is 2. The van der Waals surface area contributed by atoms with Crippen LogP contribution in [-0.2, 0) is 9.59 Å². The first-order valence-electron chi connectivity index (χ1n) is 2.55. The molecule has 4 nitrogen and oxygen atoms in total. The van der Waals surface area contributed by atoms with E-state index >= 15 is 0 Å². The zero-order valence-electron chi connectivity index (χ0n) is 5.13. The number of carboxylic acid groups (broad SMARTS) is 1. The highest BCUT2D eigenvalue weighted by atomic mass is 16.4. The first-order chi connectivity index (χ1) is 4.04. The Bertz CT molecular complexity index is 132. The van der Waals surface area contributed by atoms with Gasteiger partial charge in [-0.2, -0.15) is 0 Å². The van der Waals surface area contributed by atoms with E-state index in [0.717, 1.165) is 0 Å². The molecule has 4 heteroatoms. The molecule has 52 valence electrons. The van der Waals surface area contributed by atoms with Crippen molar-refractivity contribution in [3.63, 3.8) is 0 Å². The van der Waals surface area contributed by atoms with Crippen molar-refractivity contribution in [3.8, 4) is 0 Å². The largest absolute Gasteiger partial charge is 0.481 e. The summed E-state index contributed by atoms with van der Waals surface area (Å²) >= 11 is 0. The normalized spacial score (nSPS) is 12.6. The van der Waals surface area contributed by atoms with Crippen LogP contribution in [0.4, 0.5) is 0 Å². The fourth-order valence-electron chi connectivity index (χ4n) is 0.363. The smallest absolute Gasteiger partial charge is 0.304 e. The quantitative estimate of drug-likeness (QED) is 0.546. The van der Waals surface area contributed by atoms with Gasteiger partial charge in [0.15, 0.2) is 0 Å². The van der Waals surface area contributed by atoms with Crippen molar-refractivity contribution in [1.82, 2.24) is 0 Å². The Hall–Kier alpha value is -1.06. The van der Waals surface area contributed by atoms with Gasteiger partial charge in [-0.25, -0.2) is 0 Å². The lowest BCUT2D eigenvalue weighted by Crippen LogP contribution is -2.22. The highest BCUT2D eigenvalue weighted by Crippen LogP contribution is 1.98. The maximum Gasteiger partial charge on any atom is 0.304 e. The molecule has 0 aromatic rings. The molecule has 9 heavy (non-hydrogen) atoms. The van der Waals surface area contributed by atoms with Gasteiger partial charge < -0.3 is 10.8 Å². The summed E-state index contributed by atoms with van der Waals surface area (Å²) in [5, 5.41) is 8.12. The zero-order valence-corrected chi connectivity index (χ0v) is 5.13. The fraction of sp³-hybridized carbons (Fsp3) is 0.600. The Labute approximate surface area is 52.7 Å². The van der Waals surface area contributed by atoms with Crippen LogP contribution in [0.1, 0.15) is 13.3 Å². The van der Waals surface area contributed by atoms with Gasteiger partial charge in [-0.15, -0.1) is 0 Å². The van der Waals surface area contributed by atoms with Crippen molar-refractivity contribution in [2.75, 3.05) is 0 Å². The molecule has 0 aromatic heterocycles. The third-order valence-electron chi connectivity index (χ3n) is 0.967. The van der Waals surface area contributed by atoms with Crippen molar-refractivity contribution in [2.24, 2.45) is 11.7 Å². The van der Waals surface area contributed by atoms with Crippen LogP contribution in [0.3, 0.4) is 0 Å². The number of carboxylic acids is 1. The van der Waals surface area contributed by atoms with Crippen LogP contribution in [0.5, 0.6) is 0 Å². The second-order valence-electron chi connectivity index (χ2n) is 1.90. The maximum atomic E-state index is 10.2. The predicted molar refractivity (Wildman–Crippen MR) is 30.6 cm³/mol. The summed E-state index contributed by atoms with van der Waals surface area (Å²) < 4.78 is 0. The van der Waals surface area contributed by atoms with Gasteiger partial charge in [0.1, 0.15) is 0 Å². The van der Waals surface area contributed by atoms with Gasteiger partial charge in [0.25, 0.3) is 0 Å². The van der Waals surface area contributed by atoms with Gasteiger partial charge in [-0.3, -0.25) is 9.59 Å². The van der Waals surface area contributed by atoms with Crippen LogP contribution in [0.2, 0.25) is 0 Å². The summed E-state index contributed by atoms with van der Waals surface area (Å²) in [6.45, 7) is 1.48. The lowest BCUT2D eigenvalue weighted by Gasteiger charge is -1.99. The van der Waals surface area contributed by atoms with E-state index < -0.39 is 17.8 Å². The number of primary amides is 1. The standard InChI is InChI=1S/C5H9NO3/c1-3(5(6)9)2-4(7)8/h3H,2H2,1H3,(H2,6,9)(H,7,8). The van der Waals surface area contributed by atoms with Crippen molar-refractivity contribution in [1.29, 1.82) is 0 Å². The Morgan fingerprint density at radius 2 is 2.11 bits per heavy atom. The first kappa shape index (κ1) is 7.94. The van der Waals surface area contributed by atoms with E-state index in [1.165, 1.54) is 6.92 Å². The third-order valence-corrected chi connectivity index (χ3v) is 0.967. The summed E-state index contributed by atoms with van der Waals surface area (Å²) in [5.41, 5.74) is 4.78. The topological polar surface area (TPSA) is 80.4 Å². The van der Waals surface area contributed by atoms with Gasteiger partial charge in [0, 0.05) is 5.92 Å². The minimum Gasteiger partial charge on any atom is -0.481 e. The van der Waals surface area contributed by atoms with Crippen LogP contribution in [0.25, 0.3) is 0 Å². The average Bonchev–Trinajstić information content (AvgIpc) is 1.63. The summed E-state index contributed by atoms with van der Waals surface area (Å²) in [6.07, 6.45) is -0.185. The van der Waals surface area contributed by atoms with E-state index in [-0.39, 0.29) is 6.42 Å². The number of hydrogen-bond acceptors (Lipinski definition) is 2. The van der Waals surface area contributed by atoms with E-state index in [1.807, 2.05) is 0 Å². The second-order valence-corrected chi connectivity index (χ2v) is 1.90. The van der Waals surface area contributed by atoms with Gasteiger partial charge in [-0.05, 0) is 0 Å². The minimum atomic E-state index is -0.999. The first-order valence-corrected chi connectivity index (χ1v) is 2.55. The molecular weight excluding hydrogens is 122 g/mol. The number of carbonyl (C=O) groups is 2. The minimum absolute atomic E-state index is 0.185. The van der Waals surface area contributed by atoms with Crippen LogP contribution in [-0.4, -0.2) is 17.0 Å². The number of amides is 1. The van der Waals surface area contributed by atoms with Crippen molar-refractivity contribution >= 4 is 11.9 Å². The zero-order chi connectivity index (χ0) is 7.44. The van der Waals surface area contributed by atoms with Crippen LogP contribution >= 0.6 is 0 Å². The van der Waals surface area contributed by atoms with E-state index in [4.69, 9.17) is 10.8 Å². The molecule has 1 amide bonds. The lowest BCUT2D eigenvalue weighted by molar-refractivity contribution is -0.140. The molecule has 0 spiro atoms. The highest BCUT2D eigenvalue weighted by molar-refractivity contribution is 5.81. The molecule has 0 aliphatic rings. The number of rotatable bonds is 3. The molecule has 0 heterocycles. The van der Waals surface area contributed by atoms with Crippen LogP contribution in [0.15, 0.2) is 0 Å². The molecule has 0 aliphatic carbocycles. The second kappa shape index (κ2) is 3.06. The molecule has 0 bridgehead atoms. The Morgan fingerprint density at radius 1 is 1.67 bits per heavy atom. The summed E-state index contributed by atoms with van der Waals surface area (Å²) in [7, 11) is 0. The van der Waals surface area contributed by atoms with Crippen molar-refractivity contribution < 1.29 is 14.7 Å². The predicted octanol–water partition coefficient (Wildman–Crippen LogP) is -0.417. The summed E-state index contributed by atoms with van der Waals surface area (Å²) in [4.78, 5) is 20.1. The van der Waals surface area contributed by atoms with Gasteiger partial charge in [-0.1, -0.05) is 6.92 Å². The van der Waals surface area contributed by atoms with Gasteiger partial charge in [0.05, 0.1) is 6.42 Å². The molecule has 1 atom stereocenters. The molecule has 0 rings (SSSR count). The summed E-state index contributed by atoms with van der Waals surface area (Å²) in [5.74, 6) is -2.14. The number of carbonyl (C=O) groups excluding carboxylic acids is 1. The molecule has 0 fully saturated rings. The number of nitrogens with two attached hydrogens (primary N) is 1. The molecule has 1 unspecified atom stereocenters. The summed E-state index contributed by atoms with van der Waals surface area (Å²) in [6, 6.07) is 0. The Morgan fingerprint density at radius 3 is 2.22 bits per heavy atom. The highest BCUT2D eigenvalue weighted by Gasteiger charge is 2.11. The molecule has 0 saturated heterocycles. The lowest BCUT2D eigenvalue weighted by atomic mass is 10.1. The molecule has 0 aliphatic heterocycles. The third kappa shape index (κ3) is 3.52. The van der Waals surface area contributed by atoms with E-state index in [2.05, 4.69) is 0 Å². The van der Waals surface area contributed by atoms with Crippen LogP contribution in [0, 0.1) is 5.92 Å². The monoisotopic (exact) mass is 131 g/mol. The van der Waals surface area contributed by atoms with Gasteiger partial charge in [0.2, 0.25) is 5.91 Å². The molecule has 0 aromatic carbocycles. The number of aliphatic carboxylic acids is 1. The molecular formula is C5H9NO3. The van der Waals surface area contributed by atoms with Gasteiger partial charge >= 0.3 is 5.97 Å².